The molecule has 0 radical (unpaired) electrons. The Hall–Kier alpha value is -0.490. The van der Waals surface area contributed by atoms with Crippen LogP contribution in [-0.2, 0) is 9.63 Å². The standard InChI is InChI=1S/C12H19NO4/c1-8(14)11-3-9-2-10(4-11)6-12(5-9,7-11)17-13(15)16/h9-10,15-16H,2-7H2,1H3. The van der Waals surface area contributed by atoms with Crippen LogP contribution in [0.15, 0.2) is 0 Å². The maximum Gasteiger partial charge on any atom is 0.136 e. The molecule has 0 heterocycles. The molecule has 2 unspecified atom stereocenters. The molecule has 4 bridgehead atoms. The van der Waals surface area contributed by atoms with Crippen LogP contribution < -0.4 is 0 Å². The third-order valence-corrected chi connectivity index (χ3v) is 5.03. The molecule has 4 rings (SSSR count). The normalized spacial score (nSPS) is 47.8. The van der Waals surface area contributed by atoms with E-state index in [1.54, 1.807) is 6.92 Å². The lowest BCUT2D eigenvalue weighted by atomic mass is 9.47. The maximum atomic E-state index is 11.9. The average Bonchev–Trinajstić information content (AvgIpc) is 2.12. The third kappa shape index (κ3) is 1.73. The van der Waals surface area contributed by atoms with Gasteiger partial charge in [0.15, 0.2) is 0 Å². The van der Waals surface area contributed by atoms with Gasteiger partial charge in [-0.2, -0.15) is 0 Å². The Kier molecular flexibility index (Phi) is 2.39. The molecule has 0 aromatic heterocycles. The topological polar surface area (TPSA) is 70.0 Å². The zero-order valence-electron chi connectivity index (χ0n) is 10.1. The van der Waals surface area contributed by atoms with Crippen LogP contribution in [0.1, 0.15) is 45.4 Å². The molecule has 4 aliphatic carbocycles. The minimum absolute atomic E-state index is 0.166. The van der Waals surface area contributed by atoms with Gasteiger partial charge in [0, 0.05) is 5.41 Å². The largest absolute Gasteiger partial charge is 0.299 e. The van der Waals surface area contributed by atoms with Crippen LogP contribution in [-0.4, -0.2) is 27.2 Å². The quantitative estimate of drug-likeness (QED) is 0.739. The van der Waals surface area contributed by atoms with E-state index in [1.165, 1.54) is 0 Å². The summed E-state index contributed by atoms with van der Waals surface area (Å²) in [5.41, 5.74) is -0.792. The van der Waals surface area contributed by atoms with Crippen molar-refractivity contribution in [2.24, 2.45) is 17.3 Å². The van der Waals surface area contributed by atoms with Crippen LogP contribution in [0.2, 0.25) is 0 Å². The van der Waals surface area contributed by atoms with Crippen LogP contribution in [0.3, 0.4) is 0 Å². The molecule has 0 aromatic rings. The van der Waals surface area contributed by atoms with Gasteiger partial charge in [0.1, 0.15) is 5.78 Å². The summed E-state index contributed by atoms with van der Waals surface area (Å²) in [7, 11) is 0. The third-order valence-electron chi connectivity index (χ3n) is 5.03. The minimum atomic E-state index is -0.529. The fourth-order valence-corrected chi connectivity index (χ4v) is 4.87. The summed E-state index contributed by atoms with van der Waals surface area (Å²) < 4.78 is 0. The number of ketones is 1. The molecular formula is C12H19NO4. The van der Waals surface area contributed by atoms with Crippen molar-refractivity contribution in [1.82, 2.24) is 5.39 Å². The average molecular weight is 241 g/mol. The lowest BCUT2D eigenvalue weighted by Crippen LogP contribution is -2.60. The van der Waals surface area contributed by atoms with Gasteiger partial charge in [0.2, 0.25) is 0 Å². The van der Waals surface area contributed by atoms with Crippen molar-refractivity contribution in [3.8, 4) is 0 Å². The van der Waals surface area contributed by atoms with Gasteiger partial charge in [-0.25, -0.2) is 4.84 Å². The van der Waals surface area contributed by atoms with Gasteiger partial charge >= 0.3 is 0 Å². The highest BCUT2D eigenvalue weighted by molar-refractivity contribution is 5.83. The Morgan fingerprint density at radius 3 is 2.29 bits per heavy atom. The van der Waals surface area contributed by atoms with Crippen LogP contribution >= 0.6 is 0 Å². The maximum absolute atomic E-state index is 11.9. The van der Waals surface area contributed by atoms with Crippen molar-refractivity contribution in [3.63, 3.8) is 0 Å². The number of rotatable bonds is 3. The number of nitrogens with zero attached hydrogens (tertiary/aromatic N) is 1. The molecule has 96 valence electrons. The molecule has 5 heteroatoms. The van der Waals surface area contributed by atoms with E-state index < -0.39 is 5.60 Å². The lowest BCUT2D eigenvalue weighted by molar-refractivity contribution is -0.530. The second-order valence-electron chi connectivity index (χ2n) is 6.32. The summed E-state index contributed by atoms with van der Waals surface area (Å²) in [6.45, 7) is 1.66. The van der Waals surface area contributed by atoms with Gasteiger partial charge in [-0.1, -0.05) is 0 Å². The smallest absolute Gasteiger partial charge is 0.136 e. The zero-order valence-corrected chi connectivity index (χ0v) is 10.1. The lowest BCUT2D eigenvalue weighted by Gasteiger charge is -2.60. The number of Topliss-reactive ketones (excluding diaryl/α,β-unsaturated/α-hetero) is 1. The molecule has 4 fully saturated rings. The van der Waals surface area contributed by atoms with Crippen LogP contribution in [0, 0.1) is 17.3 Å². The predicted molar refractivity (Wildman–Crippen MR) is 57.0 cm³/mol. The van der Waals surface area contributed by atoms with Gasteiger partial charge in [-0.15, -0.1) is 0 Å². The summed E-state index contributed by atoms with van der Waals surface area (Å²) in [4.78, 5) is 17.1. The molecule has 4 aliphatic rings. The van der Waals surface area contributed by atoms with E-state index in [0.29, 0.717) is 18.3 Å². The number of hydrogen-bond donors (Lipinski definition) is 2. The zero-order chi connectivity index (χ0) is 12.3. The van der Waals surface area contributed by atoms with Crippen molar-refractivity contribution in [3.05, 3.63) is 0 Å². The first-order valence-corrected chi connectivity index (χ1v) is 6.31. The van der Waals surface area contributed by atoms with E-state index in [0.717, 1.165) is 32.1 Å². The van der Waals surface area contributed by atoms with Gasteiger partial charge in [-0.3, -0.25) is 15.2 Å². The summed E-state index contributed by atoms with van der Waals surface area (Å²) in [6.07, 6.45) is 5.41. The summed E-state index contributed by atoms with van der Waals surface area (Å²) >= 11 is 0. The monoisotopic (exact) mass is 241 g/mol. The van der Waals surface area contributed by atoms with Crippen molar-refractivity contribution >= 4 is 5.78 Å². The van der Waals surface area contributed by atoms with Crippen molar-refractivity contribution < 1.29 is 20.0 Å². The SMILES string of the molecule is CC(=O)C12CC3CC(CC(ON(O)O)(C3)C1)C2. The van der Waals surface area contributed by atoms with Crippen molar-refractivity contribution in [2.45, 2.75) is 51.0 Å². The molecule has 17 heavy (non-hydrogen) atoms. The highest BCUT2D eigenvalue weighted by atomic mass is 17.1. The molecule has 0 amide bonds. The van der Waals surface area contributed by atoms with Gasteiger partial charge < -0.3 is 0 Å². The molecule has 5 nitrogen and oxygen atoms in total. The fourth-order valence-electron chi connectivity index (χ4n) is 4.87. The number of hydrogen-bond acceptors (Lipinski definition) is 5. The minimum Gasteiger partial charge on any atom is -0.299 e. The van der Waals surface area contributed by atoms with E-state index in [-0.39, 0.29) is 16.6 Å². The number of carbonyl (C=O) groups excluding carboxylic acids is 1. The highest BCUT2D eigenvalue weighted by Crippen LogP contribution is 2.63. The fraction of sp³-hybridized carbons (Fsp3) is 0.917. The van der Waals surface area contributed by atoms with E-state index in [9.17, 15) is 4.79 Å². The second-order valence-corrected chi connectivity index (χ2v) is 6.32. The predicted octanol–water partition coefficient (Wildman–Crippen LogP) is 1.93. The van der Waals surface area contributed by atoms with E-state index >= 15 is 0 Å². The summed E-state index contributed by atoms with van der Waals surface area (Å²) in [6, 6.07) is 0. The molecular weight excluding hydrogens is 222 g/mol. The van der Waals surface area contributed by atoms with Gasteiger partial charge in [0.05, 0.1) is 11.0 Å². The first-order valence-electron chi connectivity index (χ1n) is 6.31. The van der Waals surface area contributed by atoms with Crippen molar-refractivity contribution in [2.75, 3.05) is 0 Å². The Morgan fingerprint density at radius 1 is 1.24 bits per heavy atom. The Balaban J connectivity index is 1.91. The Bertz CT molecular complexity index is 335. The molecule has 0 aliphatic heterocycles. The molecule has 0 aromatic carbocycles. The molecule has 0 saturated heterocycles. The van der Waals surface area contributed by atoms with E-state index in [2.05, 4.69) is 0 Å². The number of carbonyl (C=O) groups is 1. The first-order chi connectivity index (χ1) is 7.93. The van der Waals surface area contributed by atoms with Crippen LogP contribution in [0.25, 0.3) is 0 Å². The van der Waals surface area contributed by atoms with Crippen molar-refractivity contribution in [1.29, 1.82) is 0 Å². The Morgan fingerprint density at radius 2 is 1.82 bits per heavy atom. The highest BCUT2D eigenvalue weighted by Gasteiger charge is 2.61. The van der Waals surface area contributed by atoms with Crippen LogP contribution in [0.4, 0.5) is 0 Å². The summed E-state index contributed by atoms with van der Waals surface area (Å²) in [5, 5.41) is 17.7. The van der Waals surface area contributed by atoms with E-state index in [1.807, 2.05) is 0 Å². The van der Waals surface area contributed by atoms with Crippen LogP contribution in [0.5, 0.6) is 0 Å². The van der Waals surface area contributed by atoms with Gasteiger partial charge in [-0.05, 0) is 57.3 Å². The molecule has 2 atom stereocenters. The molecule has 0 spiro atoms. The second kappa shape index (κ2) is 3.51. The molecule has 2 N–H and O–H groups in total. The summed E-state index contributed by atoms with van der Waals surface area (Å²) in [5.74, 6) is 1.24. The first kappa shape index (κ1) is 11.6. The van der Waals surface area contributed by atoms with Gasteiger partial charge in [0.25, 0.3) is 0 Å². The Labute approximate surface area is 100 Å². The molecule has 4 saturated carbocycles. The van der Waals surface area contributed by atoms with E-state index in [4.69, 9.17) is 15.3 Å².